The molecule has 1 aliphatic rings. The zero-order valence-corrected chi connectivity index (χ0v) is 13.7. The molecule has 1 aliphatic carbocycles. The third-order valence-corrected chi connectivity index (χ3v) is 4.24. The lowest BCUT2D eigenvalue weighted by molar-refractivity contribution is 0.125. The lowest BCUT2D eigenvalue weighted by atomic mass is 9.87. The molecule has 0 aliphatic heterocycles. The molecule has 1 aromatic heterocycles. The zero-order valence-electron chi connectivity index (χ0n) is 13.7. The molecule has 3 rings (SSSR count). The standard InChI is InChI=1S/C19H23N3O2/c23-19(24-14-16-5-2-1-3-6-16)22-18-11-17(12-18)21-10-8-15-7-4-9-20-13-15/h1-7,9,13,17-18,21H,8,10-12,14H2,(H,22,23). The van der Waals surface area contributed by atoms with E-state index in [4.69, 9.17) is 4.74 Å². The van der Waals surface area contributed by atoms with Gasteiger partial charge >= 0.3 is 6.09 Å². The van der Waals surface area contributed by atoms with Gasteiger partial charge in [-0.1, -0.05) is 36.4 Å². The topological polar surface area (TPSA) is 63.2 Å². The summed E-state index contributed by atoms with van der Waals surface area (Å²) in [7, 11) is 0. The molecule has 1 amide bonds. The fourth-order valence-electron chi connectivity index (χ4n) is 2.80. The summed E-state index contributed by atoms with van der Waals surface area (Å²) >= 11 is 0. The van der Waals surface area contributed by atoms with Gasteiger partial charge in [0.15, 0.2) is 0 Å². The summed E-state index contributed by atoms with van der Waals surface area (Å²) in [5, 5.41) is 6.42. The highest BCUT2D eigenvalue weighted by Crippen LogP contribution is 2.20. The second-order valence-electron chi connectivity index (χ2n) is 6.14. The molecule has 0 atom stereocenters. The van der Waals surface area contributed by atoms with Gasteiger partial charge in [-0.15, -0.1) is 0 Å². The fraction of sp³-hybridized carbons (Fsp3) is 0.368. The molecule has 0 spiro atoms. The summed E-state index contributed by atoms with van der Waals surface area (Å²) in [6.07, 6.45) is 6.23. The molecule has 2 aromatic rings. The van der Waals surface area contributed by atoms with Crippen molar-refractivity contribution >= 4 is 6.09 Å². The van der Waals surface area contributed by atoms with Crippen LogP contribution in [0, 0.1) is 0 Å². The highest BCUT2D eigenvalue weighted by molar-refractivity contribution is 5.67. The van der Waals surface area contributed by atoms with Crippen LogP contribution in [0.5, 0.6) is 0 Å². The number of hydrogen-bond acceptors (Lipinski definition) is 4. The Labute approximate surface area is 142 Å². The van der Waals surface area contributed by atoms with Crippen molar-refractivity contribution in [3.63, 3.8) is 0 Å². The normalized spacial score (nSPS) is 19.3. The largest absolute Gasteiger partial charge is 0.445 e. The van der Waals surface area contributed by atoms with E-state index in [-0.39, 0.29) is 12.1 Å². The summed E-state index contributed by atoms with van der Waals surface area (Å²) < 4.78 is 5.23. The van der Waals surface area contributed by atoms with Gasteiger partial charge in [0.25, 0.3) is 0 Å². The Morgan fingerprint density at radius 2 is 1.88 bits per heavy atom. The van der Waals surface area contributed by atoms with Gasteiger partial charge in [-0.25, -0.2) is 4.79 Å². The molecular weight excluding hydrogens is 302 g/mol. The molecule has 0 saturated heterocycles. The molecule has 0 radical (unpaired) electrons. The monoisotopic (exact) mass is 325 g/mol. The highest BCUT2D eigenvalue weighted by Gasteiger charge is 2.30. The van der Waals surface area contributed by atoms with E-state index in [0.717, 1.165) is 31.4 Å². The maximum Gasteiger partial charge on any atom is 0.407 e. The van der Waals surface area contributed by atoms with Crippen molar-refractivity contribution in [2.24, 2.45) is 0 Å². The number of nitrogens with one attached hydrogen (secondary N) is 2. The van der Waals surface area contributed by atoms with Gasteiger partial charge in [0.1, 0.15) is 6.61 Å². The van der Waals surface area contributed by atoms with E-state index in [9.17, 15) is 4.79 Å². The molecule has 5 heteroatoms. The Kier molecular flexibility index (Phi) is 5.80. The molecule has 126 valence electrons. The van der Waals surface area contributed by atoms with Crippen molar-refractivity contribution in [2.75, 3.05) is 6.54 Å². The first-order valence-electron chi connectivity index (χ1n) is 8.39. The predicted molar refractivity (Wildman–Crippen MR) is 92.5 cm³/mol. The van der Waals surface area contributed by atoms with E-state index >= 15 is 0 Å². The summed E-state index contributed by atoms with van der Waals surface area (Å²) in [6, 6.07) is 14.4. The van der Waals surface area contributed by atoms with Crippen molar-refractivity contribution in [3.8, 4) is 0 Å². The van der Waals surface area contributed by atoms with Gasteiger partial charge in [0, 0.05) is 24.5 Å². The molecule has 24 heavy (non-hydrogen) atoms. The van der Waals surface area contributed by atoms with Gasteiger partial charge in [-0.05, 0) is 43.0 Å². The Balaban J connectivity index is 1.26. The van der Waals surface area contributed by atoms with Gasteiger partial charge in [0.05, 0.1) is 0 Å². The van der Waals surface area contributed by atoms with Crippen LogP contribution in [-0.4, -0.2) is 29.7 Å². The Morgan fingerprint density at radius 3 is 2.62 bits per heavy atom. The van der Waals surface area contributed by atoms with Crippen LogP contribution in [0.3, 0.4) is 0 Å². The third kappa shape index (κ3) is 5.06. The maximum atomic E-state index is 11.8. The molecule has 2 N–H and O–H groups in total. The molecular formula is C19H23N3O2. The Morgan fingerprint density at radius 1 is 1.08 bits per heavy atom. The summed E-state index contributed by atoms with van der Waals surface area (Å²) in [5.74, 6) is 0. The van der Waals surface area contributed by atoms with Crippen molar-refractivity contribution in [2.45, 2.75) is 38.0 Å². The number of carbonyl (C=O) groups is 1. The Hall–Kier alpha value is -2.40. The van der Waals surface area contributed by atoms with Crippen molar-refractivity contribution in [3.05, 3.63) is 66.0 Å². The summed E-state index contributed by atoms with van der Waals surface area (Å²) in [6.45, 7) is 1.24. The van der Waals surface area contributed by atoms with Crippen molar-refractivity contribution in [1.29, 1.82) is 0 Å². The smallest absolute Gasteiger partial charge is 0.407 e. The van der Waals surface area contributed by atoms with Crippen molar-refractivity contribution < 1.29 is 9.53 Å². The first kappa shape index (κ1) is 16.5. The molecule has 1 heterocycles. The SMILES string of the molecule is O=C(NC1CC(NCCc2cccnc2)C1)OCc1ccccc1. The first-order valence-corrected chi connectivity index (χ1v) is 8.39. The number of aromatic nitrogens is 1. The van der Waals surface area contributed by atoms with E-state index in [1.54, 1.807) is 6.20 Å². The lowest BCUT2D eigenvalue weighted by Gasteiger charge is -2.36. The number of carbonyl (C=O) groups excluding carboxylic acids is 1. The number of pyridine rings is 1. The molecule has 0 unspecified atom stereocenters. The van der Waals surface area contributed by atoms with Crippen LogP contribution >= 0.6 is 0 Å². The number of amides is 1. The highest BCUT2D eigenvalue weighted by atomic mass is 16.5. The van der Waals surface area contributed by atoms with E-state index in [0.29, 0.717) is 12.6 Å². The van der Waals surface area contributed by atoms with Gasteiger partial charge in [0.2, 0.25) is 0 Å². The first-order chi connectivity index (χ1) is 11.8. The quantitative estimate of drug-likeness (QED) is 0.821. The average molecular weight is 325 g/mol. The minimum atomic E-state index is -0.335. The average Bonchev–Trinajstić information content (AvgIpc) is 2.59. The van der Waals surface area contributed by atoms with Gasteiger partial charge < -0.3 is 15.4 Å². The van der Waals surface area contributed by atoms with Crippen LogP contribution in [0.25, 0.3) is 0 Å². The molecule has 1 aromatic carbocycles. The number of hydrogen-bond donors (Lipinski definition) is 2. The number of ether oxygens (including phenoxy) is 1. The fourth-order valence-corrected chi connectivity index (χ4v) is 2.80. The number of alkyl carbamates (subject to hydrolysis) is 1. The van der Waals surface area contributed by atoms with Crippen LogP contribution in [0.15, 0.2) is 54.9 Å². The zero-order chi connectivity index (χ0) is 16.6. The second-order valence-corrected chi connectivity index (χ2v) is 6.14. The second kappa shape index (κ2) is 8.45. The maximum absolute atomic E-state index is 11.8. The lowest BCUT2D eigenvalue weighted by Crippen LogP contribution is -2.52. The van der Waals surface area contributed by atoms with Crippen LogP contribution in [-0.2, 0) is 17.8 Å². The number of nitrogens with zero attached hydrogens (tertiary/aromatic N) is 1. The molecule has 5 nitrogen and oxygen atoms in total. The number of rotatable bonds is 7. The third-order valence-electron chi connectivity index (χ3n) is 4.24. The van der Waals surface area contributed by atoms with Gasteiger partial charge in [-0.3, -0.25) is 4.98 Å². The molecule has 1 fully saturated rings. The Bertz CT molecular complexity index is 628. The van der Waals surface area contributed by atoms with E-state index in [1.165, 1.54) is 5.56 Å². The summed E-state index contributed by atoms with van der Waals surface area (Å²) in [5.41, 5.74) is 2.24. The van der Waals surface area contributed by atoms with Crippen LogP contribution in [0.4, 0.5) is 4.79 Å². The van der Waals surface area contributed by atoms with Gasteiger partial charge in [-0.2, -0.15) is 0 Å². The van der Waals surface area contributed by atoms with Crippen LogP contribution in [0.2, 0.25) is 0 Å². The summed E-state index contributed by atoms with van der Waals surface area (Å²) in [4.78, 5) is 15.9. The minimum absolute atomic E-state index is 0.212. The minimum Gasteiger partial charge on any atom is -0.445 e. The predicted octanol–water partition coefficient (Wildman–Crippen LogP) is 2.67. The van der Waals surface area contributed by atoms with Crippen molar-refractivity contribution in [1.82, 2.24) is 15.6 Å². The van der Waals surface area contributed by atoms with E-state index < -0.39 is 0 Å². The van der Waals surface area contributed by atoms with Crippen LogP contribution in [0.1, 0.15) is 24.0 Å². The van der Waals surface area contributed by atoms with E-state index in [1.807, 2.05) is 42.6 Å². The van der Waals surface area contributed by atoms with E-state index in [2.05, 4.69) is 21.7 Å². The molecule has 1 saturated carbocycles. The number of benzene rings is 1. The van der Waals surface area contributed by atoms with Crippen LogP contribution < -0.4 is 10.6 Å². The molecule has 0 bridgehead atoms.